The quantitative estimate of drug-likeness (QED) is 0.345. The minimum Gasteiger partial charge on any atom is -0.490 e. The van der Waals surface area contributed by atoms with Crippen LogP contribution in [0.4, 0.5) is 0 Å². The first kappa shape index (κ1) is 23.0. The van der Waals surface area contributed by atoms with Gasteiger partial charge in [0.05, 0.1) is 6.61 Å². The highest BCUT2D eigenvalue weighted by atomic mass is 16.5. The highest BCUT2D eigenvalue weighted by molar-refractivity contribution is 6.01. The van der Waals surface area contributed by atoms with E-state index in [1.54, 1.807) is 31.4 Å². The fraction of sp³-hybridized carbons (Fsp3) is 0.333. The van der Waals surface area contributed by atoms with Gasteiger partial charge in [0, 0.05) is 20.3 Å². The molecule has 0 aliphatic carbocycles. The van der Waals surface area contributed by atoms with Crippen LogP contribution in [0.2, 0.25) is 0 Å². The molecule has 2 aromatic rings. The maximum Gasteiger partial charge on any atom is 0.261 e. The van der Waals surface area contributed by atoms with E-state index in [0.717, 1.165) is 5.56 Å². The number of ether oxygens (including phenoxy) is 3. The lowest BCUT2D eigenvalue weighted by Crippen LogP contribution is -2.26. The molecule has 0 aliphatic rings. The van der Waals surface area contributed by atoms with Crippen molar-refractivity contribution < 1.29 is 19.0 Å². The standard InChI is InChI=1S/C24H28N2O4/c1-4-29-23-15-19(14-21(16-25)24(27)26-11-6-12-28-3)9-10-22(23)30-17-20-8-5-7-18(2)13-20/h5,7-10,13-15H,4,6,11-12,17H2,1-3H3,(H,26,27)/b21-14+. The van der Waals surface area contributed by atoms with Crippen LogP contribution in [-0.4, -0.2) is 32.8 Å². The minimum atomic E-state index is -0.411. The van der Waals surface area contributed by atoms with Gasteiger partial charge < -0.3 is 19.5 Å². The summed E-state index contributed by atoms with van der Waals surface area (Å²) in [6, 6.07) is 15.4. The maximum absolute atomic E-state index is 12.2. The number of hydrogen-bond acceptors (Lipinski definition) is 5. The molecule has 0 spiro atoms. The molecule has 2 aromatic carbocycles. The number of nitrogens with zero attached hydrogens (tertiary/aromatic N) is 1. The van der Waals surface area contributed by atoms with Crippen molar-refractivity contribution in [3.8, 4) is 17.6 Å². The van der Waals surface area contributed by atoms with Crippen LogP contribution in [0.3, 0.4) is 0 Å². The second-order valence-corrected chi connectivity index (χ2v) is 6.69. The summed E-state index contributed by atoms with van der Waals surface area (Å²) in [5.41, 5.74) is 2.96. The van der Waals surface area contributed by atoms with Crippen molar-refractivity contribution in [1.29, 1.82) is 5.26 Å². The van der Waals surface area contributed by atoms with Gasteiger partial charge in [-0.1, -0.05) is 35.9 Å². The number of rotatable bonds is 11. The molecule has 158 valence electrons. The Morgan fingerprint density at radius 1 is 1.17 bits per heavy atom. The zero-order valence-electron chi connectivity index (χ0n) is 17.7. The van der Waals surface area contributed by atoms with E-state index < -0.39 is 5.91 Å². The Bertz CT molecular complexity index is 916. The van der Waals surface area contributed by atoms with Crippen LogP contribution in [-0.2, 0) is 16.1 Å². The summed E-state index contributed by atoms with van der Waals surface area (Å²) >= 11 is 0. The van der Waals surface area contributed by atoms with E-state index in [0.29, 0.717) is 49.8 Å². The Hall–Kier alpha value is -3.30. The molecule has 6 heteroatoms. The summed E-state index contributed by atoms with van der Waals surface area (Å²) in [5.74, 6) is 0.765. The van der Waals surface area contributed by atoms with E-state index >= 15 is 0 Å². The van der Waals surface area contributed by atoms with Crippen LogP contribution in [0.15, 0.2) is 48.0 Å². The van der Waals surface area contributed by atoms with Crippen molar-refractivity contribution in [3.05, 3.63) is 64.7 Å². The number of methoxy groups -OCH3 is 1. The fourth-order valence-corrected chi connectivity index (χ4v) is 2.79. The molecule has 0 bridgehead atoms. The molecule has 6 nitrogen and oxygen atoms in total. The monoisotopic (exact) mass is 408 g/mol. The molecular weight excluding hydrogens is 380 g/mol. The van der Waals surface area contributed by atoms with Crippen LogP contribution in [0.1, 0.15) is 30.0 Å². The number of nitriles is 1. The molecule has 1 N–H and O–H groups in total. The summed E-state index contributed by atoms with van der Waals surface area (Å²) in [7, 11) is 1.60. The minimum absolute atomic E-state index is 0.0308. The van der Waals surface area contributed by atoms with Crippen LogP contribution >= 0.6 is 0 Å². The van der Waals surface area contributed by atoms with Crippen molar-refractivity contribution in [2.24, 2.45) is 0 Å². The molecule has 0 saturated carbocycles. The second-order valence-electron chi connectivity index (χ2n) is 6.69. The van der Waals surface area contributed by atoms with Gasteiger partial charge in [-0.05, 0) is 49.6 Å². The normalized spacial score (nSPS) is 10.9. The van der Waals surface area contributed by atoms with Crippen LogP contribution < -0.4 is 14.8 Å². The lowest BCUT2D eigenvalue weighted by Gasteiger charge is -2.13. The molecule has 0 aromatic heterocycles. The maximum atomic E-state index is 12.2. The predicted molar refractivity (Wildman–Crippen MR) is 116 cm³/mol. The van der Waals surface area contributed by atoms with Crippen molar-refractivity contribution in [3.63, 3.8) is 0 Å². The van der Waals surface area contributed by atoms with Crippen molar-refractivity contribution in [2.45, 2.75) is 26.9 Å². The third-order valence-electron chi connectivity index (χ3n) is 4.23. The number of benzene rings is 2. The first-order valence-corrected chi connectivity index (χ1v) is 9.91. The van der Waals surface area contributed by atoms with E-state index in [9.17, 15) is 10.1 Å². The molecule has 0 atom stereocenters. The summed E-state index contributed by atoms with van der Waals surface area (Å²) in [5, 5.41) is 12.1. The summed E-state index contributed by atoms with van der Waals surface area (Å²) < 4.78 is 16.6. The molecule has 0 fully saturated rings. The summed E-state index contributed by atoms with van der Waals surface area (Å²) in [6.45, 7) is 5.82. The Labute approximate surface area is 178 Å². The number of nitrogens with one attached hydrogen (secondary N) is 1. The van der Waals surface area contributed by atoms with E-state index in [2.05, 4.69) is 11.4 Å². The lowest BCUT2D eigenvalue weighted by molar-refractivity contribution is -0.117. The smallest absolute Gasteiger partial charge is 0.261 e. The van der Waals surface area contributed by atoms with Crippen LogP contribution in [0, 0.1) is 18.3 Å². The molecule has 0 aliphatic heterocycles. The number of aryl methyl sites for hydroxylation is 1. The SMILES string of the molecule is CCOc1cc(/C=C(\C#N)C(=O)NCCCOC)ccc1OCc1cccc(C)c1. The van der Waals surface area contributed by atoms with Gasteiger partial charge in [-0.3, -0.25) is 4.79 Å². The van der Waals surface area contributed by atoms with Gasteiger partial charge in [-0.2, -0.15) is 5.26 Å². The largest absolute Gasteiger partial charge is 0.490 e. The van der Waals surface area contributed by atoms with Gasteiger partial charge in [-0.25, -0.2) is 0 Å². The van der Waals surface area contributed by atoms with Crippen LogP contribution in [0.5, 0.6) is 11.5 Å². The zero-order valence-corrected chi connectivity index (χ0v) is 17.7. The third kappa shape index (κ3) is 7.26. The number of carbonyl (C=O) groups is 1. The Balaban J connectivity index is 2.13. The lowest BCUT2D eigenvalue weighted by atomic mass is 10.1. The summed E-state index contributed by atoms with van der Waals surface area (Å²) in [4.78, 5) is 12.2. The second kappa shape index (κ2) is 12.3. The highest BCUT2D eigenvalue weighted by Crippen LogP contribution is 2.30. The number of amides is 1. The molecule has 30 heavy (non-hydrogen) atoms. The van der Waals surface area contributed by atoms with Crippen molar-refractivity contribution >= 4 is 12.0 Å². The van der Waals surface area contributed by atoms with Crippen molar-refractivity contribution in [2.75, 3.05) is 26.9 Å². The van der Waals surface area contributed by atoms with Gasteiger partial charge in [0.25, 0.3) is 5.91 Å². The fourth-order valence-electron chi connectivity index (χ4n) is 2.79. The topological polar surface area (TPSA) is 80.6 Å². The van der Waals surface area contributed by atoms with Crippen LogP contribution in [0.25, 0.3) is 6.08 Å². The number of carbonyl (C=O) groups excluding carboxylic acids is 1. The average molecular weight is 408 g/mol. The summed E-state index contributed by atoms with van der Waals surface area (Å²) in [6.07, 6.45) is 2.22. The van der Waals surface area contributed by atoms with Gasteiger partial charge in [0.2, 0.25) is 0 Å². The molecule has 0 radical (unpaired) electrons. The average Bonchev–Trinajstić information content (AvgIpc) is 2.74. The number of hydrogen-bond donors (Lipinski definition) is 1. The van der Waals surface area contributed by atoms with E-state index in [1.165, 1.54) is 5.56 Å². The first-order chi connectivity index (χ1) is 14.6. The van der Waals surface area contributed by atoms with Crippen molar-refractivity contribution in [1.82, 2.24) is 5.32 Å². The van der Waals surface area contributed by atoms with E-state index in [-0.39, 0.29) is 5.57 Å². The predicted octanol–water partition coefficient (Wildman–Crippen LogP) is 4.03. The molecule has 2 rings (SSSR count). The van der Waals surface area contributed by atoms with Gasteiger partial charge >= 0.3 is 0 Å². The molecule has 1 amide bonds. The highest BCUT2D eigenvalue weighted by Gasteiger charge is 2.11. The van der Waals surface area contributed by atoms with E-state index in [1.807, 2.05) is 38.1 Å². The molecule has 0 saturated heterocycles. The molecular formula is C24H28N2O4. The first-order valence-electron chi connectivity index (χ1n) is 9.91. The Kier molecular flexibility index (Phi) is 9.43. The third-order valence-corrected chi connectivity index (χ3v) is 4.23. The zero-order chi connectivity index (χ0) is 21.8. The molecule has 0 heterocycles. The Morgan fingerprint density at radius 3 is 2.70 bits per heavy atom. The van der Waals surface area contributed by atoms with Gasteiger partial charge in [-0.15, -0.1) is 0 Å². The Morgan fingerprint density at radius 2 is 2.00 bits per heavy atom. The van der Waals surface area contributed by atoms with Gasteiger partial charge in [0.1, 0.15) is 18.2 Å². The molecule has 0 unspecified atom stereocenters. The van der Waals surface area contributed by atoms with E-state index in [4.69, 9.17) is 14.2 Å². The van der Waals surface area contributed by atoms with Gasteiger partial charge in [0.15, 0.2) is 11.5 Å².